The van der Waals surface area contributed by atoms with Crippen molar-refractivity contribution in [2.24, 2.45) is 28.9 Å². The number of nitrogens with zero attached hydrogens (tertiary/aromatic N) is 1. The lowest BCUT2D eigenvalue weighted by molar-refractivity contribution is -0.0600. The molecule has 1 aliphatic heterocycles. The molecule has 1 atom stereocenters. The molecule has 5 fully saturated rings. The molecule has 0 aromatic rings. The second-order valence-electron chi connectivity index (χ2n) is 8.99. The van der Waals surface area contributed by atoms with Crippen LogP contribution < -0.4 is 11.1 Å². The average Bonchev–Trinajstić information content (AvgIpc) is 2.85. The van der Waals surface area contributed by atoms with E-state index >= 15 is 0 Å². The summed E-state index contributed by atoms with van der Waals surface area (Å²) < 4.78 is 0. The Morgan fingerprint density at radius 3 is 2.35 bits per heavy atom. The van der Waals surface area contributed by atoms with Crippen LogP contribution in [0.5, 0.6) is 0 Å². The summed E-state index contributed by atoms with van der Waals surface area (Å²) in [5.74, 6) is 3.03. The molecule has 4 heteroatoms. The summed E-state index contributed by atoms with van der Waals surface area (Å²) in [6, 6.07) is 0.579. The Hall–Kier alpha value is -0.770. The minimum Gasteiger partial charge on any atom is -0.336 e. The first-order valence-corrected chi connectivity index (χ1v) is 9.92. The van der Waals surface area contributed by atoms with E-state index < -0.39 is 0 Å². The molecule has 130 valence electrons. The Morgan fingerprint density at radius 2 is 1.74 bits per heavy atom. The van der Waals surface area contributed by atoms with Crippen molar-refractivity contribution in [3.63, 3.8) is 0 Å². The van der Waals surface area contributed by atoms with E-state index in [1.165, 1.54) is 44.9 Å². The fourth-order valence-electron chi connectivity index (χ4n) is 6.60. The summed E-state index contributed by atoms with van der Waals surface area (Å²) in [7, 11) is 0. The van der Waals surface area contributed by atoms with Crippen LogP contribution in [0.3, 0.4) is 0 Å². The predicted molar refractivity (Wildman–Crippen MR) is 92.0 cm³/mol. The number of hydrogen-bond acceptors (Lipinski definition) is 2. The van der Waals surface area contributed by atoms with E-state index in [2.05, 4.69) is 10.2 Å². The molecule has 0 radical (unpaired) electrons. The van der Waals surface area contributed by atoms with Gasteiger partial charge in [-0.05, 0) is 87.5 Å². The van der Waals surface area contributed by atoms with Gasteiger partial charge < -0.3 is 16.0 Å². The van der Waals surface area contributed by atoms with Gasteiger partial charge in [-0.1, -0.05) is 6.42 Å². The van der Waals surface area contributed by atoms with Crippen LogP contribution in [0.4, 0.5) is 4.79 Å². The topological polar surface area (TPSA) is 58.4 Å². The van der Waals surface area contributed by atoms with Crippen molar-refractivity contribution in [2.45, 2.75) is 70.3 Å². The zero-order chi connectivity index (χ0) is 15.9. The molecule has 4 saturated carbocycles. The van der Waals surface area contributed by atoms with Crippen LogP contribution in [0.1, 0.15) is 64.2 Å². The molecule has 5 rings (SSSR count). The lowest BCUT2D eigenvalue weighted by atomic mass is 9.49. The van der Waals surface area contributed by atoms with Crippen LogP contribution in [-0.4, -0.2) is 36.6 Å². The Bertz CT molecular complexity index is 415. The smallest absolute Gasteiger partial charge is 0.317 e. The first-order chi connectivity index (χ1) is 11.2. The molecule has 5 aliphatic rings. The van der Waals surface area contributed by atoms with Gasteiger partial charge in [0.1, 0.15) is 0 Å². The van der Waals surface area contributed by atoms with Crippen molar-refractivity contribution < 1.29 is 4.79 Å². The third kappa shape index (κ3) is 3.11. The van der Waals surface area contributed by atoms with Gasteiger partial charge in [-0.15, -0.1) is 0 Å². The highest BCUT2D eigenvalue weighted by atomic mass is 16.2. The van der Waals surface area contributed by atoms with Crippen LogP contribution in [0.25, 0.3) is 0 Å². The number of amides is 2. The minimum absolute atomic E-state index is 0.174. The SMILES string of the molecule is NCCCC[C@H]1CNC(=O)N1CCC12CC3CC(CC(C3)C1)C2. The maximum absolute atomic E-state index is 12.2. The number of carbonyl (C=O) groups is 1. The highest BCUT2D eigenvalue weighted by Crippen LogP contribution is 2.61. The van der Waals surface area contributed by atoms with Gasteiger partial charge in [-0.2, -0.15) is 0 Å². The largest absolute Gasteiger partial charge is 0.336 e. The van der Waals surface area contributed by atoms with Gasteiger partial charge in [0.2, 0.25) is 0 Å². The van der Waals surface area contributed by atoms with Crippen molar-refractivity contribution >= 4 is 6.03 Å². The summed E-state index contributed by atoms with van der Waals surface area (Å²) in [5, 5.41) is 3.06. The van der Waals surface area contributed by atoms with Crippen molar-refractivity contribution in [1.29, 1.82) is 0 Å². The highest BCUT2D eigenvalue weighted by molar-refractivity contribution is 5.76. The van der Waals surface area contributed by atoms with Gasteiger partial charge in [0.05, 0.1) is 6.04 Å². The van der Waals surface area contributed by atoms with Gasteiger partial charge >= 0.3 is 6.03 Å². The van der Waals surface area contributed by atoms with Crippen LogP contribution in [0, 0.1) is 23.2 Å². The van der Waals surface area contributed by atoms with E-state index in [0.29, 0.717) is 11.5 Å². The lowest BCUT2D eigenvalue weighted by Crippen LogP contribution is -2.48. The number of nitrogens with two attached hydrogens (primary N) is 1. The van der Waals surface area contributed by atoms with Crippen LogP contribution in [0.2, 0.25) is 0 Å². The summed E-state index contributed by atoms with van der Waals surface area (Å²) in [5.41, 5.74) is 6.19. The van der Waals surface area contributed by atoms with Gasteiger partial charge in [0.25, 0.3) is 0 Å². The third-order valence-electron chi connectivity index (χ3n) is 7.23. The van der Waals surface area contributed by atoms with Gasteiger partial charge in [0.15, 0.2) is 0 Å². The molecule has 4 bridgehead atoms. The number of unbranched alkanes of at least 4 members (excludes halogenated alkanes) is 1. The number of carbonyl (C=O) groups excluding carboxylic acids is 1. The second-order valence-corrected chi connectivity index (χ2v) is 8.99. The van der Waals surface area contributed by atoms with E-state index in [-0.39, 0.29) is 6.03 Å². The van der Waals surface area contributed by atoms with Crippen LogP contribution in [-0.2, 0) is 0 Å². The zero-order valence-corrected chi connectivity index (χ0v) is 14.4. The number of rotatable bonds is 7. The van der Waals surface area contributed by atoms with E-state index in [1.807, 2.05) is 0 Å². The van der Waals surface area contributed by atoms with Gasteiger partial charge in [-0.25, -0.2) is 4.79 Å². The van der Waals surface area contributed by atoms with E-state index in [9.17, 15) is 4.79 Å². The molecule has 1 saturated heterocycles. The molecule has 0 spiro atoms. The Kier molecular flexibility index (Phi) is 4.29. The van der Waals surface area contributed by atoms with E-state index in [1.54, 1.807) is 0 Å². The quantitative estimate of drug-likeness (QED) is 0.708. The highest BCUT2D eigenvalue weighted by Gasteiger charge is 2.50. The molecular formula is C19H33N3O. The van der Waals surface area contributed by atoms with Crippen LogP contribution >= 0.6 is 0 Å². The standard InChI is InChI=1S/C19H33N3O/c20-5-2-1-3-17-13-21-18(23)22(17)6-4-19-10-14-7-15(11-19)9-16(8-14)12-19/h14-17H,1-13,20H2,(H,21,23)/t14?,15?,16?,17-,19?/m0/s1. The summed E-state index contributed by atoms with van der Waals surface area (Å²) in [6.07, 6.45) is 13.4. The summed E-state index contributed by atoms with van der Waals surface area (Å²) in [6.45, 7) is 2.58. The maximum atomic E-state index is 12.2. The molecule has 1 heterocycles. The molecule has 3 N–H and O–H groups in total. The molecule has 4 nitrogen and oxygen atoms in total. The van der Waals surface area contributed by atoms with Gasteiger partial charge in [-0.3, -0.25) is 0 Å². The monoisotopic (exact) mass is 319 g/mol. The molecule has 2 amide bonds. The molecule has 23 heavy (non-hydrogen) atoms. The molecule has 0 aromatic carbocycles. The predicted octanol–water partition coefficient (Wildman–Crippen LogP) is 3.12. The summed E-state index contributed by atoms with van der Waals surface area (Å²) in [4.78, 5) is 14.4. The first kappa shape index (κ1) is 15.7. The van der Waals surface area contributed by atoms with Crippen LogP contribution in [0.15, 0.2) is 0 Å². The van der Waals surface area contributed by atoms with Crippen molar-refractivity contribution in [2.75, 3.05) is 19.6 Å². The third-order valence-corrected chi connectivity index (χ3v) is 7.23. The minimum atomic E-state index is 0.174. The first-order valence-electron chi connectivity index (χ1n) is 9.92. The van der Waals surface area contributed by atoms with Crippen molar-refractivity contribution in [3.05, 3.63) is 0 Å². The Labute approximate surface area is 140 Å². The molecule has 4 aliphatic carbocycles. The lowest BCUT2D eigenvalue weighted by Gasteiger charge is -2.57. The number of urea groups is 1. The zero-order valence-electron chi connectivity index (χ0n) is 14.4. The number of nitrogens with one attached hydrogen (secondary N) is 1. The van der Waals surface area contributed by atoms with E-state index in [0.717, 1.165) is 56.7 Å². The molecule has 0 aromatic heterocycles. The van der Waals surface area contributed by atoms with Crippen molar-refractivity contribution in [3.8, 4) is 0 Å². The molecule has 0 unspecified atom stereocenters. The normalized spacial score (nSPS) is 41.6. The fraction of sp³-hybridized carbons (Fsp3) is 0.947. The molecular weight excluding hydrogens is 286 g/mol. The summed E-state index contributed by atoms with van der Waals surface area (Å²) >= 11 is 0. The van der Waals surface area contributed by atoms with E-state index in [4.69, 9.17) is 5.73 Å². The van der Waals surface area contributed by atoms with Crippen molar-refractivity contribution in [1.82, 2.24) is 10.2 Å². The fourth-order valence-corrected chi connectivity index (χ4v) is 6.60. The van der Waals surface area contributed by atoms with Gasteiger partial charge in [0, 0.05) is 13.1 Å². The maximum Gasteiger partial charge on any atom is 0.317 e. The number of hydrogen-bond donors (Lipinski definition) is 2. The average molecular weight is 319 g/mol. The Balaban J connectivity index is 1.35. The Morgan fingerprint density at radius 1 is 1.09 bits per heavy atom. The second kappa shape index (κ2) is 6.27.